The van der Waals surface area contributed by atoms with Crippen LogP contribution in [0, 0.1) is 12.7 Å². The van der Waals surface area contributed by atoms with E-state index in [2.05, 4.69) is 19.1 Å². The average molecular weight is 278 g/mol. The van der Waals surface area contributed by atoms with Crippen LogP contribution in [-0.2, 0) is 12.8 Å². The highest BCUT2D eigenvalue weighted by molar-refractivity contribution is 6.30. The molecule has 1 atom stereocenters. The van der Waals surface area contributed by atoms with E-state index in [1.165, 1.54) is 17.2 Å². The second kappa shape index (κ2) is 6.18. The maximum absolute atomic E-state index is 13.3. The molecule has 0 spiro atoms. The first-order valence-corrected chi connectivity index (χ1v) is 6.68. The molecule has 2 aromatic rings. The molecule has 1 nitrogen and oxygen atoms in total. The van der Waals surface area contributed by atoms with E-state index < -0.39 is 0 Å². The Balaban J connectivity index is 2.03. The first kappa shape index (κ1) is 14.0. The molecule has 0 aliphatic carbocycles. The molecule has 2 aromatic carbocycles. The standard InChI is InChI=1S/C16H17ClFN/c1-11-4-2-3-5-13(11)10-14(19)8-12-6-7-15(17)16(18)9-12/h2-7,9,14H,8,10,19H2,1H3. The number of rotatable bonds is 4. The zero-order valence-electron chi connectivity index (χ0n) is 10.9. The van der Waals surface area contributed by atoms with Gasteiger partial charge in [0.15, 0.2) is 0 Å². The predicted molar refractivity (Wildman–Crippen MR) is 78.0 cm³/mol. The van der Waals surface area contributed by atoms with E-state index in [0.29, 0.717) is 6.42 Å². The predicted octanol–water partition coefficient (Wildman–Crippen LogP) is 3.90. The second-order valence-electron chi connectivity index (χ2n) is 4.84. The van der Waals surface area contributed by atoms with Crippen LogP contribution in [-0.4, -0.2) is 6.04 Å². The van der Waals surface area contributed by atoms with Crippen molar-refractivity contribution in [2.45, 2.75) is 25.8 Å². The summed E-state index contributed by atoms with van der Waals surface area (Å²) in [6, 6.07) is 13.0. The number of nitrogens with two attached hydrogens (primary N) is 1. The molecule has 2 N–H and O–H groups in total. The van der Waals surface area contributed by atoms with Gasteiger partial charge in [-0.3, -0.25) is 0 Å². The van der Waals surface area contributed by atoms with Gasteiger partial charge in [-0.25, -0.2) is 4.39 Å². The average Bonchev–Trinajstić information content (AvgIpc) is 2.37. The van der Waals surface area contributed by atoms with Crippen molar-refractivity contribution in [3.63, 3.8) is 0 Å². The van der Waals surface area contributed by atoms with Gasteiger partial charge in [0, 0.05) is 6.04 Å². The summed E-state index contributed by atoms with van der Waals surface area (Å²) in [4.78, 5) is 0. The van der Waals surface area contributed by atoms with E-state index in [1.807, 2.05) is 18.2 Å². The molecule has 0 aliphatic heterocycles. The van der Waals surface area contributed by atoms with Gasteiger partial charge < -0.3 is 5.73 Å². The maximum atomic E-state index is 13.3. The van der Waals surface area contributed by atoms with E-state index >= 15 is 0 Å². The van der Waals surface area contributed by atoms with E-state index in [4.69, 9.17) is 17.3 Å². The Hall–Kier alpha value is -1.38. The molecule has 0 fully saturated rings. The highest BCUT2D eigenvalue weighted by Crippen LogP contribution is 2.17. The zero-order valence-corrected chi connectivity index (χ0v) is 11.6. The molecule has 0 radical (unpaired) electrons. The molecule has 0 amide bonds. The molecule has 0 aliphatic rings. The van der Waals surface area contributed by atoms with Crippen molar-refractivity contribution in [1.29, 1.82) is 0 Å². The van der Waals surface area contributed by atoms with Crippen molar-refractivity contribution in [3.05, 3.63) is 70.0 Å². The molecule has 100 valence electrons. The Morgan fingerprint density at radius 1 is 1.16 bits per heavy atom. The Morgan fingerprint density at radius 2 is 1.89 bits per heavy atom. The van der Waals surface area contributed by atoms with Gasteiger partial charge in [-0.05, 0) is 48.6 Å². The summed E-state index contributed by atoms with van der Waals surface area (Å²) in [5, 5.41) is 0.149. The zero-order chi connectivity index (χ0) is 13.8. The third kappa shape index (κ3) is 3.79. The largest absolute Gasteiger partial charge is 0.327 e. The number of halogens is 2. The van der Waals surface area contributed by atoms with Crippen molar-refractivity contribution in [2.24, 2.45) is 5.73 Å². The number of hydrogen-bond acceptors (Lipinski definition) is 1. The highest BCUT2D eigenvalue weighted by atomic mass is 35.5. The van der Waals surface area contributed by atoms with Crippen LogP contribution in [0.2, 0.25) is 5.02 Å². The first-order valence-electron chi connectivity index (χ1n) is 6.30. The number of hydrogen-bond donors (Lipinski definition) is 1. The Morgan fingerprint density at radius 3 is 2.58 bits per heavy atom. The summed E-state index contributed by atoms with van der Waals surface area (Å²) in [5.74, 6) is -0.387. The van der Waals surface area contributed by atoms with Crippen LogP contribution in [0.3, 0.4) is 0 Å². The lowest BCUT2D eigenvalue weighted by atomic mass is 9.97. The lowest BCUT2D eigenvalue weighted by Crippen LogP contribution is -2.25. The Bertz CT molecular complexity index is 568. The van der Waals surface area contributed by atoms with Crippen molar-refractivity contribution in [3.8, 4) is 0 Å². The van der Waals surface area contributed by atoms with Gasteiger partial charge in [0.05, 0.1) is 5.02 Å². The molecule has 1 unspecified atom stereocenters. The maximum Gasteiger partial charge on any atom is 0.142 e. The molecule has 0 heterocycles. The van der Waals surface area contributed by atoms with Gasteiger partial charge in [0.1, 0.15) is 5.82 Å². The van der Waals surface area contributed by atoms with Crippen molar-refractivity contribution in [1.82, 2.24) is 0 Å². The molecule has 0 aromatic heterocycles. The van der Waals surface area contributed by atoms with Gasteiger partial charge in [0.25, 0.3) is 0 Å². The molecule has 2 rings (SSSR count). The van der Waals surface area contributed by atoms with E-state index in [-0.39, 0.29) is 16.9 Å². The molecule has 3 heteroatoms. The lowest BCUT2D eigenvalue weighted by molar-refractivity contribution is 0.618. The van der Waals surface area contributed by atoms with Crippen LogP contribution in [0.4, 0.5) is 4.39 Å². The monoisotopic (exact) mass is 277 g/mol. The van der Waals surface area contributed by atoms with E-state index in [0.717, 1.165) is 12.0 Å². The third-order valence-corrected chi connectivity index (χ3v) is 3.53. The van der Waals surface area contributed by atoms with Crippen molar-refractivity contribution < 1.29 is 4.39 Å². The van der Waals surface area contributed by atoms with Crippen molar-refractivity contribution >= 4 is 11.6 Å². The fraction of sp³-hybridized carbons (Fsp3) is 0.250. The molecule has 0 saturated carbocycles. The minimum atomic E-state index is -0.387. The minimum absolute atomic E-state index is 0.0262. The third-order valence-electron chi connectivity index (χ3n) is 3.23. The van der Waals surface area contributed by atoms with Gasteiger partial charge in [-0.2, -0.15) is 0 Å². The summed E-state index contributed by atoms with van der Waals surface area (Å²) in [6.07, 6.45) is 1.43. The van der Waals surface area contributed by atoms with Gasteiger partial charge in [-0.1, -0.05) is 41.9 Å². The number of benzene rings is 2. The fourth-order valence-electron chi connectivity index (χ4n) is 2.16. The van der Waals surface area contributed by atoms with Crippen LogP contribution in [0.25, 0.3) is 0 Å². The van der Waals surface area contributed by atoms with Crippen LogP contribution in [0.1, 0.15) is 16.7 Å². The Kier molecular flexibility index (Phi) is 4.56. The van der Waals surface area contributed by atoms with Crippen LogP contribution < -0.4 is 5.73 Å². The SMILES string of the molecule is Cc1ccccc1CC(N)Cc1ccc(Cl)c(F)c1. The van der Waals surface area contributed by atoms with Crippen LogP contribution in [0.5, 0.6) is 0 Å². The van der Waals surface area contributed by atoms with E-state index in [9.17, 15) is 4.39 Å². The topological polar surface area (TPSA) is 26.0 Å². The molecular formula is C16H17ClFN. The lowest BCUT2D eigenvalue weighted by Gasteiger charge is -2.13. The van der Waals surface area contributed by atoms with E-state index in [1.54, 1.807) is 6.07 Å². The minimum Gasteiger partial charge on any atom is -0.327 e. The first-order chi connectivity index (χ1) is 9.06. The molecule has 0 bridgehead atoms. The quantitative estimate of drug-likeness (QED) is 0.901. The normalized spacial score (nSPS) is 12.4. The highest BCUT2D eigenvalue weighted by Gasteiger charge is 2.09. The fourth-order valence-corrected chi connectivity index (χ4v) is 2.28. The molecule has 19 heavy (non-hydrogen) atoms. The second-order valence-corrected chi connectivity index (χ2v) is 5.25. The Labute approximate surface area is 118 Å². The smallest absolute Gasteiger partial charge is 0.142 e. The summed E-state index contributed by atoms with van der Waals surface area (Å²) < 4.78 is 13.3. The number of aryl methyl sites for hydroxylation is 1. The van der Waals surface area contributed by atoms with Gasteiger partial charge in [0.2, 0.25) is 0 Å². The summed E-state index contributed by atoms with van der Waals surface area (Å²) in [5.41, 5.74) is 9.49. The summed E-state index contributed by atoms with van der Waals surface area (Å²) >= 11 is 5.66. The van der Waals surface area contributed by atoms with Crippen LogP contribution in [0.15, 0.2) is 42.5 Å². The van der Waals surface area contributed by atoms with Crippen LogP contribution >= 0.6 is 11.6 Å². The van der Waals surface area contributed by atoms with Crippen molar-refractivity contribution in [2.75, 3.05) is 0 Å². The van der Waals surface area contributed by atoms with Gasteiger partial charge in [-0.15, -0.1) is 0 Å². The molecule has 0 saturated heterocycles. The molecular weight excluding hydrogens is 261 g/mol. The van der Waals surface area contributed by atoms with Gasteiger partial charge >= 0.3 is 0 Å². The summed E-state index contributed by atoms with van der Waals surface area (Å²) in [7, 11) is 0. The summed E-state index contributed by atoms with van der Waals surface area (Å²) in [6.45, 7) is 2.07.